The molecule has 3 aliphatic heterocycles. The molecule has 0 aromatic heterocycles. The molecule has 0 spiro atoms. The first kappa shape index (κ1) is 29.0. The lowest BCUT2D eigenvalue weighted by atomic mass is 9.86. The van der Waals surface area contributed by atoms with Gasteiger partial charge in [0, 0.05) is 29.2 Å². The van der Waals surface area contributed by atoms with E-state index in [9.17, 15) is 19.2 Å². The fraction of sp³-hybridized carbons (Fsp3) is 0.714. The molecule has 0 saturated carbocycles. The van der Waals surface area contributed by atoms with Crippen LogP contribution in [-0.2, 0) is 19.2 Å². The van der Waals surface area contributed by atoms with Crippen LogP contribution in [-0.4, -0.2) is 32.2 Å². The van der Waals surface area contributed by atoms with Gasteiger partial charge in [0.1, 0.15) is 0 Å². The summed E-state index contributed by atoms with van der Waals surface area (Å²) in [5, 5.41) is 0. The molecule has 200 valence electrons. The van der Waals surface area contributed by atoms with Crippen molar-refractivity contribution >= 4 is 45.6 Å². The van der Waals surface area contributed by atoms with Crippen LogP contribution >= 0.6 is 22.0 Å². The molecule has 0 aromatic carbocycles. The average Bonchev–Trinajstić information content (AvgIpc) is 3.30. The maximum atomic E-state index is 12.7. The fourth-order valence-corrected chi connectivity index (χ4v) is 7.18. The zero-order valence-electron chi connectivity index (χ0n) is 21.8. The topological polar surface area (TPSA) is 74.8 Å². The van der Waals surface area contributed by atoms with Crippen molar-refractivity contribution in [3.8, 4) is 0 Å². The van der Waals surface area contributed by atoms with Crippen molar-refractivity contribution in [1.82, 2.24) is 8.61 Å². The van der Waals surface area contributed by atoms with E-state index in [4.69, 9.17) is 0 Å². The van der Waals surface area contributed by atoms with E-state index in [1.807, 2.05) is 0 Å². The van der Waals surface area contributed by atoms with E-state index in [-0.39, 0.29) is 23.6 Å². The summed E-state index contributed by atoms with van der Waals surface area (Å²) in [4.78, 5) is 50.0. The summed E-state index contributed by atoms with van der Waals surface area (Å²) in [5.74, 6) is -1.97. The Morgan fingerprint density at radius 2 is 0.889 bits per heavy atom. The van der Waals surface area contributed by atoms with Gasteiger partial charge in [-0.1, -0.05) is 116 Å². The molecule has 4 bridgehead atoms. The maximum absolute atomic E-state index is 12.7. The predicted octanol–water partition coefficient (Wildman–Crippen LogP) is 7.46. The van der Waals surface area contributed by atoms with Crippen molar-refractivity contribution in [3.63, 3.8) is 0 Å². The molecular formula is C28H42N2O4S2. The van der Waals surface area contributed by atoms with Crippen LogP contribution in [0.2, 0.25) is 0 Å². The maximum Gasteiger partial charge on any atom is 0.268 e. The fourth-order valence-electron chi connectivity index (χ4n) is 5.20. The third kappa shape index (κ3) is 8.23. The minimum Gasteiger partial charge on any atom is -0.268 e. The van der Waals surface area contributed by atoms with Gasteiger partial charge in [0.05, 0.1) is 22.0 Å². The lowest BCUT2D eigenvalue weighted by molar-refractivity contribution is -0.132. The number of carbonyl (C=O) groups excluding carboxylic acids is 4. The number of hydrogen-bond donors (Lipinski definition) is 0. The number of hydrogen-bond acceptors (Lipinski definition) is 6. The predicted molar refractivity (Wildman–Crippen MR) is 147 cm³/mol. The normalized spacial score (nSPS) is 18.0. The summed E-state index contributed by atoms with van der Waals surface area (Å²) in [5.41, 5.74) is 0.696. The van der Waals surface area contributed by atoms with Crippen LogP contribution in [0.4, 0.5) is 0 Å². The van der Waals surface area contributed by atoms with E-state index in [0.29, 0.717) is 17.6 Å². The van der Waals surface area contributed by atoms with Gasteiger partial charge in [-0.3, -0.25) is 19.2 Å². The Morgan fingerprint density at radius 1 is 0.556 bits per heavy atom. The second-order valence-electron chi connectivity index (χ2n) is 10.2. The SMILES string of the molecule is CCCCCCCCCCCCCCCCCCCC1C2=CC(=O)N(SSN3C(=O)C=C1C3=O)C2=O. The number of imide groups is 2. The van der Waals surface area contributed by atoms with Gasteiger partial charge in [-0.15, -0.1) is 0 Å². The van der Waals surface area contributed by atoms with Gasteiger partial charge in [0.15, 0.2) is 0 Å². The molecule has 0 radical (unpaired) electrons. The van der Waals surface area contributed by atoms with Gasteiger partial charge in [0.2, 0.25) is 0 Å². The molecular weight excluding hydrogens is 492 g/mol. The van der Waals surface area contributed by atoms with Crippen molar-refractivity contribution in [3.05, 3.63) is 23.3 Å². The third-order valence-electron chi connectivity index (χ3n) is 7.35. The van der Waals surface area contributed by atoms with E-state index in [1.54, 1.807) is 0 Å². The van der Waals surface area contributed by atoms with E-state index >= 15 is 0 Å². The molecule has 1 fully saturated rings. The second kappa shape index (κ2) is 15.7. The first-order chi connectivity index (χ1) is 17.5. The Labute approximate surface area is 224 Å². The molecule has 3 heterocycles. The lowest BCUT2D eigenvalue weighted by Gasteiger charge is -2.17. The molecule has 0 aromatic rings. The minimum absolute atomic E-state index is 0.348. The molecule has 8 heteroatoms. The zero-order chi connectivity index (χ0) is 25.8. The molecule has 0 aliphatic carbocycles. The number of carbonyl (C=O) groups is 4. The van der Waals surface area contributed by atoms with Gasteiger partial charge in [0.25, 0.3) is 23.6 Å². The number of fused-ring (bicyclic) bond motifs is 4. The lowest BCUT2D eigenvalue weighted by Crippen LogP contribution is -2.25. The van der Waals surface area contributed by atoms with Gasteiger partial charge in [-0.05, 0) is 6.42 Å². The molecule has 36 heavy (non-hydrogen) atoms. The van der Waals surface area contributed by atoms with E-state index in [0.717, 1.165) is 49.8 Å². The first-order valence-electron chi connectivity index (χ1n) is 14.1. The highest BCUT2D eigenvalue weighted by atomic mass is 33.1. The third-order valence-corrected chi connectivity index (χ3v) is 9.50. The quantitative estimate of drug-likeness (QED) is 0.0786. The summed E-state index contributed by atoms with van der Waals surface area (Å²) in [7, 11) is 1.68. The molecule has 0 atom stereocenters. The average molecular weight is 535 g/mol. The summed E-state index contributed by atoms with van der Waals surface area (Å²) >= 11 is 0. The summed E-state index contributed by atoms with van der Waals surface area (Å²) < 4.78 is 2.09. The van der Waals surface area contributed by atoms with Crippen molar-refractivity contribution in [2.24, 2.45) is 5.92 Å². The summed E-state index contributed by atoms with van der Waals surface area (Å²) in [6, 6.07) is 0. The molecule has 6 nitrogen and oxygen atoms in total. The Morgan fingerprint density at radius 3 is 1.25 bits per heavy atom. The minimum atomic E-state index is -0.483. The summed E-state index contributed by atoms with van der Waals surface area (Å²) in [6.07, 6.45) is 25.3. The van der Waals surface area contributed by atoms with Crippen molar-refractivity contribution in [2.75, 3.05) is 0 Å². The number of rotatable bonds is 18. The number of nitrogens with zero attached hydrogens (tertiary/aromatic N) is 2. The van der Waals surface area contributed by atoms with Crippen LogP contribution in [0.5, 0.6) is 0 Å². The number of unbranched alkanes of at least 4 members (excludes halogenated alkanes) is 16. The summed E-state index contributed by atoms with van der Waals surface area (Å²) in [6.45, 7) is 2.27. The van der Waals surface area contributed by atoms with E-state index in [1.165, 1.54) is 102 Å². The molecule has 3 aliphatic rings. The standard InChI is InChI=1S/C28H42N2O4S2/c1-2-3-4-5-6-7-8-9-10-11-12-13-14-15-16-17-18-19-22-23-20-25(31)29(27(23)33)35-36-30-26(32)21-24(22)28(30)34/h20-22H,2-19H2,1H3. The van der Waals surface area contributed by atoms with Gasteiger partial charge >= 0.3 is 0 Å². The van der Waals surface area contributed by atoms with Crippen LogP contribution in [0.15, 0.2) is 23.3 Å². The van der Waals surface area contributed by atoms with Gasteiger partial charge in [-0.2, -0.15) is 0 Å². The second-order valence-corrected chi connectivity index (χ2v) is 12.1. The first-order valence-corrected chi connectivity index (χ1v) is 16.2. The van der Waals surface area contributed by atoms with Crippen molar-refractivity contribution in [1.29, 1.82) is 0 Å². The van der Waals surface area contributed by atoms with E-state index in [2.05, 4.69) is 6.92 Å². The molecule has 4 amide bonds. The Balaban J connectivity index is 1.26. The van der Waals surface area contributed by atoms with Crippen LogP contribution in [0.3, 0.4) is 0 Å². The number of amides is 4. The van der Waals surface area contributed by atoms with Crippen molar-refractivity contribution < 1.29 is 19.2 Å². The monoisotopic (exact) mass is 534 g/mol. The molecule has 3 rings (SSSR count). The largest absolute Gasteiger partial charge is 0.268 e. The van der Waals surface area contributed by atoms with Crippen LogP contribution in [0.1, 0.15) is 122 Å². The van der Waals surface area contributed by atoms with Gasteiger partial charge in [-0.25, -0.2) is 8.61 Å². The molecule has 0 unspecified atom stereocenters. The van der Waals surface area contributed by atoms with Crippen LogP contribution in [0.25, 0.3) is 0 Å². The highest BCUT2D eigenvalue weighted by Gasteiger charge is 2.45. The Bertz CT molecular complexity index is 804. The van der Waals surface area contributed by atoms with Crippen LogP contribution in [0, 0.1) is 5.92 Å². The molecule has 1 saturated heterocycles. The molecule has 0 N–H and O–H groups in total. The Hall–Kier alpha value is -1.54. The van der Waals surface area contributed by atoms with Crippen molar-refractivity contribution in [2.45, 2.75) is 122 Å². The Kier molecular flexibility index (Phi) is 12.6. The smallest absolute Gasteiger partial charge is 0.268 e. The highest BCUT2D eigenvalue weighted by Crippen LogP contribution is 2.44. The van der Waals surface area contributed by atoms with E-state index < -0.39 is 5.92 Å². The highest BCUT2D eigenvalue weighted by molar-refractivity contribution is 8.75. The van der Waals surface area contributed by atoms with Gasteiger partial charge < -0.3 is 0 Å². The zero-order valence-corrected chi connectivity index (χ0v) is 23.4. The van der Waals surface area contributed by atoms with Crippen LogP contribution < -0.4 is 0 Å².